The van der Waals surface area contributed by atoms with Crippen LogP contribution in [0.25, 0.3) is 0 Å². The second-order valence-corrected chi connectivity index (χ2v) is 7.31. The topological polar surface area (TPSA) is 101 Å². The summed E-state index contributed by atoms with van der Waals surface area (Å²) in [4.78, 5) is 24.7. The Kier molecular flexibility index (Phi) is 3.95. The van der Waals surface area contributed by atoms with Crippen LogP contribution in [0.15, 0.2) is 44.9 Å². The van der Waals surface area contributed by atoms with Crippen molar-refractivity contribution in [3.05, 3.63) is 62.4 Å². The molecule has 0 radical (unpaired) electrons. The average Bonchev–Trinajstić information content (AvgIpc) is 2.51. The number of sulfonamides is 1. The molecule has 1 aliphatic rings. The number of nitrogens with zero attached hydrogens (tertiary/aromatic N) is 1. The molecule has 1 aromatic carbocycles. The van der Waals surface area contributed by atoms with Gasteiger partial charge in [0.25, 0.3) is 5.56 Å². The second kappa shape index (κ2) is 5.78. The monoisotopic (exact) mass is 335 g/mol. The normalized spacial score (nSPS) is 17.7. The van der Waals surface area contributed by atoms with Crippen LogP contribution in [-0.2, 0) is 23.5 Å². The van der Waals surface area contributed by atoms with Crippen LogP contribution in [0.3, 0.4) is 0 Å². The lowest BCUT2D eigenvalue weighted by atomic mass is 9.88. The lowest BCUT2D eigenvalue weighted by Crippen LogP contribution is -2.37. The first kappa shape index (κ1) is 15.7. The standard InChI is InChI=1S/C15H17N3O4S/c1-18-9-13(14(19)16-15(18)20)23(21,22)17-12-8-4-6-10-5-2-3-7-11(10)12/h2-3,5,7,9,12,17H,4,6,8H2,1H3,(H,16,19,20). The Morgan fingerprint density at radius 2 is 2.00 bits per heavy atom. The molecular weight excluding hydrogens is 318 g/mol. The summed E-state index contributed by atoms with van der Waals surface area (Å²) in [7, 11) is -2.64. The lowest BCUT2D eigenvalue weighted by molar-refractivity contribution is 0.506. The summed E-state index contributed by atoms with van der Waals surface area (Å²) in [5, 5.41) is 0. The molecule has 1 unspecified atom stereocenters. The Morgan fingerprint density at radius 3 is 2.78 bits per heavy atom. The molecule has 0 saturated heterocycles. The third kappa shape index (κ3) is 2.99. The van der Waals surface area contributed by atoms with Gasteiger partial charge in [0, 0.05) is 19.3 Å². The smallest absolute Gasteiger partial charge is 0.302 e. The van der Waals surface area contributed by atoms with E-state index in [4.69, 9.17) is 0 Å². The summed E-state index contributed by atoms with van der Waals surface area (Å²) in [5.74, 6) is 0. The van der Waals surface area contributed by atoms with Gasteiger partial charge in [0.05, 0.1) is 0 Å². The number of H-pyrrole nitrogens is 1. The summed E-state index contributed by atoms with van der Waals surface area (Å²) in [6, 6.07) is 7.29. The highest BCUT2D eigenvalue weighted by molar-refractivity contribution is 7.89. The first-order chi connectivity index (χ1) is 10.9. The minimum atomic E-state index is -4.03. The van der Waals surface area contributed by atoms with E-state index in [1.165, 1.54) is 7.05 Å². The highest BCUT2D eigenvalue weighted by Gasteiger charge is 2.27. The summed E-state index contributed by atoms with van der Waals surface area (Å²) in [6.45, 7) is 0. The van der Waals surface area contributed by atoms with Crippen LogP contribution in [0, 0.1) is 0 Å². The van der Waals surface area contributed by atoms with Crippen molar-refractivity contribution in [3.63, 3.8) is 0 Å². The van der Waals surface area contributed by atoms with Crippen molar-refractivity contribution in [3.8, 4) is 0 Å². The van der Waals surface area contributed by atoms with Crippen molar-refractivity contribution >= 4 is 10.0 Å². The predicted octanol–water partition coefficient (Wildman–Crippen LogP) is 0.430. The third-order valence-corrected chi connectivity index (χ3v) is 5.50. The summed E-state index contributed by atoms with van der Waals surface area (Å²) in [6.07, 6.45) is 3.49. The summed E-state index contributed by atoms with van der Waals surface area (Å²) < 4.78 is 28.7. The van der Waals surface area contributed by atoms with Crippen molar-refractivity contribution in [2.75, 3.05) is 0 Å². The molecule has 0 spiro atoms. The van der Waals surface area contributed by atoms with Crippen molar-refractivity contribution in [1.29, 1.82) is 0 Å². The van der Waals surface area contributed by atoms with Gasteiger partial charge in [0.2, 0.25) is 10.0 Å². The number of benzene rings is 1. The molecule has 2 aromatic rings. The molecular formula is C15H17N3O4S. The zero-order valence-corrected chi connectivity index (χ0v) is 13.4. The van der Waals surface area contributed by atoms with E-state index in [0.717, 1.165) is 34.7 Å². The predicted molar refractivity (Wildman–Crippen MR) is 84.7 cm³/mol. The molecule has 0 bridgehead atoms. The fraction of sp³-hybridized carbons (Fsp3) is 0.333. The fourth-order valence-corrected chi connectivity index (χ4v) is 4.20. The zero-order valence-electron chi connectivity index (χ0n) is 12.6. The van der Waals surface area contributed by atoms with Crippen molar-refractivity contribution in [2.24, 2.45) is 7.05 Å². The van der Waals surface area contributed by atoms with Crippen molar-refractivity contribution in [2.45, 2.75) is 30.2 Å². The van der Waals surface area contributed by atoms with Crippen LogP contribution >= 0.6 is 0 Å². The van der Waals surface area contributed by atoms with Gasteiger partial charge in [-0.3, -0.25) is 9.78 Å². The second-order valence-electron chi connectivity index (χ2n) is 5.63. The molecule has 23 heavy (non-hydrogen) atoms. The lowest BCUT2D eigenvalue weighted by Gasteiger charge is -2.26. The number of nitrogens with one attached hydrogen (secondary N) is 2. The molecule has 0 amide bonds. The van der Waals surface area contributed by atoms with Gasteiger partial charge in [-0.25, -0.2) is 17.9 Å². The molecule has 8 heteroatoms. The Bertz CT molecular complexity index is 959. The number of aromatic nitrogens is 2. The number of aryl methyl sites for hydroxylation is 2. The summed E-state index contributed by atoms with van der Waals surface area (Å²) >= 11 is 0. The van der Waals surface area contributed by atoms with E-state index in [0.29, 0.717) is 6.42 Å². The molecule has 0 saturated carbocycles. The number of rotatable bonds is 3. The Labute approximate surface area is 133 Å². The number of hydrogen-bond donors (Lipinski definition) is 2. The van der Waals surface area contributed by atoms with E-state index < -0.39 is 26.2 Å². The Morgan fingerprint density at radius 1 is 1.26 bits per heavy atom. The SMILES string of the molecule is Cn1cc(S(=O)(=O)NC2CCCc3ccccc32)c(=O)[nH]c1=O. The van der Waals surface area contributed by atoms with Crippen molar-refractivity contribution < 1.29 is 8.42 Å². The Hall–Kier alpha value is -2.19. The molecule has 122 valence electrons. The molecule has 1 aromatic heterocycles. The van der Waals surface area contributed by atoms with Gasteiger partial charge in [-0.2, -0.15) is 0 Å². The van der Waals surface area contributed by atoms with E-state index in [1.54, 1.807) is 0 Å². The molecule has 7 nitrogen and oxygen atoms in total. The Balaban J connectivity index is 1.99. The van der Waals surface area contributed by atoms with Crippen LogP contribution in [-0.4, -0.2) is 18.0 Å². The van der Waals surface area contributed by atoms with Gasteiger partial charge < -0.3 is 4.57 Å². The van der Waals surface area contributed by atoms with Gasteiger partial charge >= 0.3 is 5.69 Å². The summed E-state index contributed by atoms with van der Waals surface area (Å²) in [5.41, 5.74) is 0.478. The molecule has 0 aliphatic heterocycles. The van der Waals surface area contributed by atoms with Crippen LogP contribution in [0.4, 0.5) is 0 Å². The van der Waals surface area contributed by atoms with E-state index >= 15 is 0 Å². The fourth-order valence-electron chi connectivity index (χ4n) is 2.86. The maximum atomic E-state index is 12.5. The van der Waals surface area contributed by atoms with E-state index in [9.17, 15) is 18.0 Å². The van der Waals surface area contributed by atoms with E-state index in [1.807, 2.05) is 29.2 Å². The highest BCUT2D eigenvalue weighted by Crippen LogP contribution is 2.30. The largest absolute Gasteiger partial charge is 0.328 e. The number of fused-ring (bicyclic) bond motifs is 1. The number of aromatic amines is 1. The first-order valence-electron chi connectivity index (χ1n) is 7.28. The van der Waals surface area contributed by atoms with Gasteiger partial charge in [-0.15, -0.1) is 0 Å². The van der Waals surface area contributed by atoms with Crippen LogP contribution in [0.2, 0.25) is 0 Å². The van der Waals surface area contributed by atoms with Gasteiger partial charge in [-0.1, -0.05) is 24.3 Å². The highest BCUT2D eigenvalue weighted by atomic mass is 32.2. The van der Waals surface area contributed by atoms with Crippen molar-refractivity contribution in [1.82, 2.24) is 14.3 Å². The minimum Gasteiger partial charge on any atom is -0.302 e. The molecule has 1 heterocycles. The van der Waals surface area contributed by atoms with Gasteiger partial charge in [0.15, 0.2) is 4.90 Å². The molecule has 1 atom stereocenters. The third-order valence-electron chi connectivity index (χ3n) is 4.03. The van der Waals surface area contributed by atoms with E-state index in [-0.39, 0.29) is 6.04 Å². The molecule has 0 fully saturated rings. The maximum Gasteiger partial charge on any atom is 0.328 e. The molecule has 1 aliphatic carbocycles. The maximum absolute atomic E-state index is 12.5. The van der Waals surface area contributed by atoms with Crippen LogP contribution in [0.5, 0.6) is 0 Å². The van der Waals surface area contributed by atoms with Gasteiger partial charge in [-0.05, 0) is 30.4 Å². The van der Waals surface area contributed by atoms with E-state index in [2.05, 4.69) is 4.72 Å². The average molecular weight is 335 g/mol. The molecule has 2 N–H and O–H groups in total. The minimum absolute atomic E-state index is 0.374. The zero-order chi connectivity index (χ0) is 16.6. The van der Waals surface area contributed by atoms with Crippen LogP contribution < -0.4 is 16.0 Å². The first-order valence-corrected chi connectivity index (χ1v) is 8.77. The number of hydrogen-bond acceptors (Lipinski definition) is 4. The van der Waals surface area contributed by atoms with Gasteiger partial charge in [0.1, 0.15) is 0 Å². The molecule has 3 rings (SSSR count). The quantitative estimate of drug-likeness (QED) is 0.849. The van der Waals surface area contributed by atoms with Crippen LogP contribution in [0.1, 0.15) is 30.0 Å².